The van der Waals surface area contributed by atoms with Crippen molar-refractivity contribution in [3.8, 4) is 11.8 Å². The Bertz CT molecular complexity index is 584. The Morgan fingerprint density at radius 1 is 1.05 bits per heavy atom. The molecule has 0 aromatic carbocycles. The lowest BCUT2D eigenvalue weighted by molar-refractivity contribution is -0.555. The maximum atomic E-state index is 10.5. The lowest BCUT2D eigenvalue weighted by atomic mass is 10.2. The van der Waals surface area contributed by atoms with Gasteiger partial charge in [-0.15, -0.1) is 0 Å². The average molecular weight is 286 g/mol. The standard InChI is InChI=1S/C4H3BN8O7/c14-5(19-3-1-6-8-10(3)12(15)16)20-4-2-7-9-11(4)13(17)18/h1-2,14H. The first-order valence-electron chi connectivity index (χ1n) is 4.61. The topological polar surface area (TPSA) is 186 Å². The molecule has 16 heteroatoms. The molecule has 0 fully saturated rings. The van der Waals surface area contributed by atoms with Crippen LogP contribution in [-0.2, 0) is 0 Å². The van der Waals surface area contributed by atoms with Gasteiger partial charge in [0.15, 0.2) is 10.4 Å². The molecule has 15 nitrogen and oxygen atoms in total. The summed E-state index contributed by atoms with van der Waals surface area (Å²) in [7, 11) is -2.11. The van der Waals surface area contributed by atoms with Gasteiger partial charge in [-0.3, -0.25) is 0 Å². The molecule has 2 heterocycles. The molecule has 0 aliphatic rings. The fourth-order valence-electron chi connectivity index (χ4n) is 1.05. The van der Waals surface area contributed by atoms with Crippen molar-refractivity contribution in [2.45, 2.75) is 0 Å². The normalized spacial score (nSPS) is 10.1. The molecular formula is C4H3BN8O7. The maximum Gasteiger partial charge on any atom is 0.787 e. The summed E-state index contributed by atoms with van der Waals surface area (Å²) in [5, 5.41) is 40.8. The molecule has 104 valence electrons. The third-order valence-corrected chi connectivity index (χ3v) is 1.76. The van der Waals surface area contributed by atoms with Crippen LogP contribution < -0.4 is 9.31 Å². The Kier molecular flexibility index (Phi) is 3.38. The minimum absolute atomic E-state index is 0.121. The number of nitrogens with zero attached hydrogens (tertiary/aromatic N) is 8. The zero-order valence-electron chi connectivity index (χ0n) is 9.21. The van der Waals surface area contributed by atoms with E-state index < -0.39 is 29.1 Å². The molecule has 0 atom stereocenters. The molecule has 0 radical (unpaired) electrons. The summed E-state index contributed by atoms with van der Waals surface area (Å²) in [6.45, 7) is 0. The largest absolute Gasteiger partial charge is 0.787 e. The highest BCUT2D eigenvalue weighted by Gasteiger charge is 2.30. The van der Waals surface area contributed by atoms with Gasteiger partial charge in [0.05, 0.1) is 19.6 Å². The summed E-state index contributed by atoms with van der Waals surface area (Å²) >= 11 is 0. The zero-order chi connectivity index (χ0) is 14.7. The highest BCUT2D eigenvalue weighted by Crippen LogP contribution is 2.11. The van der Waals surface area contributed by atoms with Gasteiger partial charge >= 0.3 is 7.32 Å². The van der Waals surface area contributed by atoms with E-state index in [4.69, 9.17) is 0 Å². The molecule has 0 unspecified atom stereocenters. The van der Waals surface area contributed by atoms with E-state index in [1.165, 1.54) is 0 Å². The van der Waals surface area contributed by atoms with Gasteiger partial charge in [0.1, 0.15) is 12.4 Å². The molecule has 1 N–H and O–H groups in total. The van der Waals surface area contributed by atoms with Gasteiger partial charge in [0, 0.05) is 0 Å². The monoisotopic (exact) mass is 286 g/mol. The predicted octanol–water partition coefficient (Wildman–Crippen LogP) is -2.62. The molecule has 2 rings (SSSR count). The molecule has 2 aromatic rings. The second-order valence-corrected chi connectivity index (χ2v) is 2.94. The molecule has 0 aliphatic carbocycles. The van der Waals surface area contributed by atoms with Gasteiger partial charge in [0.2, 0.25) is 0 Å². The second-order valence-electron chi connectivity index (χ2n) is 2.94. The van der Waals surface area contributed by atoms with Crippen molar-refractivity contribution in [3.05, 3.63) is 32.6 Å². The van der Waals surface area contributed by atoms with Gasteiger partial charge in [-0.05, 0) is 10.2 Å². The van der Waals surface area contributed by atoms with Gasteiger partial charge < -0.3 is 34.6 Å². The van der Waals surface area contributed by atoms with Crippen molar-refractivity contribution < 1.29 is 24.4 Å². The minimum atomic E-state index is -2.11. The Labute approximate surface area is 107 Å². The fraction of sp³-hybridized carbons (Fsp3) is 0. The van der Waals surface area contributed by atoms with Crippen LogP contribution in [0.15, 0.2) is 12.4 Å². The van der Waals surface area contributed by atoms with Crippen LogP contribution in [0, 0.1) is 20.2 Å². The van der Waals surface area contributed by atoms with Crippen LogP contribution in [0.5, 0.6) is 11.8 Å². The van der Waals surface area contributed by atoms with Crippen LogP contribution in [0.1, 0.15) is 0 Å². The first-order valence-corrected chi connectivity index (χ1v) is 4.61. The first kappa shape index (κ1) is 13.1. The fourth-order valence-corrected chi connectivity index (χ4v) is 1.05. The summed E-state index contributed by atoms with van der Waals surface area (Å²) in [6.07, 6.45) is 1.66. The van der Waals surface area contributed by atoms with E-state index in [1.54, 1.807) is 0 Å². The smallest absolute Gasteiger partial charge is 0.481 e. The van der Waals surface area contributed by atoms with Crippen molar-refractivity contribution in [3.63, 3.8) is 0 Å². The van der Waals surface area contributed by atoms with Crippen molar-refractivity contribution in [2.75, 3.05) is 0 Å². The lowest BCUT2D eigenvalue weighted by Gasteiger charge is -2.06. The van der Waals surface area contributed by atoms with E-state index in [9.17, 15) is 25.3 Å². The SMILES string of the molecule is O=[N+]([O-])n1nncc1OB(O)Oc1cnnn1[N+](=O)[O-]. The number of hydrogen-bond donors (Lipinski definition) is 1. The van der Waals surface area contributed by atoms with Crippen LogP contribution in [-0.4, -0.2) is 52.6 Å². The third-order valence-electron chi connectivity index (χ3n) is 1.76. The van der Waals surface area contributed by atoms with E-state index in [1.807, 2.05) is 0 Å². The molecule has 0 amide bonds. The minimum Gasteiger partial charge on any atom is -0.481 e. The van der Waals surface area contributed by atoms with Crippen LogP contribution in [0.4, 0.5) is 0 Å². The quantitative estimate of drug-likeness (QED) is 0.332. The van der Waals surface area contributed by atoms with E-state index in [-0.39, 0.29) is 9.58 Å². The van der Waals surface area contributed by atoms with E-state index in [0.29, 0.717) is 0 Å². The van der Waals surface area contributed by atoms with Crippen LogP contribution in [0.2, 0.25) is 0 Å². The Morgan fingerprint density at radius 3 is 1.80 bits per heavy atom. The third kappa shape index (κ3) is 2.58. The van der Waals surface area contributed by atoms with Crippen molar-refractivity contribution in [1.82, 2.24) is 30.2 Å². The van der Waals surface area contributed by atoms with Crippen molar-refractivity contribution in [2.24, 2.45) is 0 Å². The maximum absolute atomic E-state index is 10.5. The van der Waals surface area contributed by atoms with Crippen LogP contribution >= 0.6 is 0 Å². The molecule has 0 spiro atoms. The van der Waals surface area contributed by atoms with Gasteiger partial charge in [-0.25, -0.2) is 0 Å². The molecule has 0 saturated heterocycles. The van der Waals surface area contributed by atoms with Gasteiger partial charge in [0.25, 0.3) is 11.8 Å². The van der Waals surface area contributed by atoms with Crippen LogP contribution in [0.25, 0.3) is 0 Å². The number of aromatic nitrogens is 6. The van der Waals surface area contributed by atoms with Gasteiger partial charge in [-0.1, -0.05) is 0 Å². The Hall–Kier alpha value is -3.30. The number of hydrogen-bond acceptors (Lipinski definition) is 11. The van der Waals surface area contributed by atoms with Gasteiger partial charge in [-0.2, -0.15) is 0 Å². The van der Waals surface area contributed by atoms with Crippen molar-refractivity contribution >= 4 is 7.32 Å². The Balaban J connectivity index is 2.07. The van der Waals surface area contributed by atoms with E-state index >= 15 is 0 Å². The molecule has 20 heavy (non-hydrogen) atoms. The second kappa shape index (κ2) is 5.14. The molecule has 0 bridgehead atoms. The van der Waals surface area contributed by atoms with Crippen LogP contribution in [0.3, 0.4) is 0 Å². The number of nitro groups is 2. The molecule has 0 saturated carbocycles. The van der Waals surface area contributed by atoms with E-state index in [0.717, 1.165) is 12.4 Å². The Morgan fingerprint density at radius 2 is 1.45 bits per heavy atom. The molecule has 0 aliphatic heterocycles. The highest BCUT2D eigenvalue weighted by atomic mass is 16.7. The molecular weight excluding hydrogens is 283 g/mol. The zero-order valence-corrected chi connectivity index (χ0v) is 9.21. The predicted molar refractivity (Wildman–Crippen MR) is 54.1 cm³/mol. The summed E-state index contributed by atoms with van der Waals surface area (Å²) in [4.78, 5) is 21.2. The summed E-state index contributed by atoms with van der Waals surface area (Å²) in [6, 6.07) is 0. The average Bonchev–Trinajstić information content (AvgIpc) is 2.97. The lowest BCUT2D eigenvalue weighted by Crippen LogP contribution is -2.32. The van der Waals surface area contributed by atoms with Crippen molar-refractivity contribution in [1.29, 1.82) is 0 Å². The number of rotatable bonds is 6. The summed E-state index contributed by atoms with van der Waals surface area (Å²) in [5.74, 6) is -1.11. The summed E-state index contributed by atoms with van der Waals surface area (Å²) < 4.78 is 9.19. The summed E-state index contributed by atoms with van der Waals surface area (Å²) in [5.41, 5.74) is 0. The van der Waals surface area contributed by atoms with E-state index in [2.05, 4.69) is 29.9 Å². The first-order chi connectivity index (χ1) is 9.49. The molecule has 2 aromatic heterocycles. The highest BCUT2D eigenvalue weighted by molar-refractivity contribution is 6.36.